The summed E-state index contributed by atoms with van der Waals surface area (Å²) in [6.45, 7) is 2.13. The van der Waals surface area contributed by atoms with Crippen LogP contribution in [0.15, 0.2) is 42.6 Å². The Morgan fingerprint density at radius 3 is 2.48 bits per heavy atom. The molecule has 0 unspecified atom stereocenters. The first-order valence-corrected chi connectivity index (χ1v) is 6.47. The third-order valence-electron chi connectivity index (χ3n) is 3.11. The zero-order valence-corrected chi connectivity index (χ0v) is 11.5. The van der Waals surface area contributed by atoms with Gasteiger partial charge in [0.2, 0.25) is 5.91 Å². The molecule has 0 atom stereocenters. The summed E-state index contributed by atoms with van der Waals surface area (Å²) in [7, 11) is 0. The Bertz CT molecular complexity index is 649. The fourth-order valence-corrected chi connectivity index (χ4v) is 2.10. The van der Waals surface area contributed by atoms with Crippen LogP contribution >= 0.6 is 0 Å². The van der Waals surface area contributed by atoms with E-state index in [-0.39, 0.29) is 24.0 Å². The first-order chi connectivity index (χ1) is 10.0. The largest absolute Gasteiger partial charge is 0.477 e. The lowest BCUT2D eigenvalue weighted by Crippen LogP contribution is -2.34. The van der Waals surface area contributed by atoms with Gasteiger partial charge in [0.1, 0.15) is 18.1 Å². The average molecular weight is 290 g/mol. The van der Waals surface area contributed by atoms with Crippen LogP contribution in [-0.2, 0) is 11.3 Å². The van der Waals surface area contributed by atoms with E-state index in [9.17, 15) is 14.0 Å². The van der Waals surface area contributed by atoms with E-state index in [1.165, 1.54) is 39.8 Å². The van der Waals surface area contributed by atoms with E-state index in [1.807, 2.05) is 0 Å². The van der Waals surface area contributed by atoms with E-state index in [0.29, 0.717) is 12.2 Å². The first-order valence-electron chi connectivity index (χ1n) is 6.47. The summed E-state index contributed by atoms with van der Waals surface area (Å²) in [5.41, 5.74) is 0.631. The average Bonchev–Trinajstić information content (AvgIpc) is 2.90. The number of aromatic carboxylic acids is 1. The van der Waals surface area contributed by atoms with Crippen molar-refractivity contribution in [2.24, 2.45) is 0 Å². The van der Waals surface area contributed by atoms with E-state index >= 15 is 0 Å². The van der Waals surface area contributed by atoms with Crippen molar-refractivity contribution in [2.45, 2.75) is 13.5 Å². The third-order valence-corrected chi connectivity index (χ3v) is 3.11. The molecule has 0 aliphatic rings. The van der Waals surface area contributed by atoms with Crippen molar-refractivity contribution in [1.29, 1.82) is 0 Å². The number of likely N-dealkylation sites (N-methyl/N-ethyl adjacent to an activating group) is 1. The monoisotopic (exact) mass is 290 g/mol. The second-order valence-electron chi connectivity index (χ2n) is 4.44. The molecule has 1 amide bonds. The molecule has 0 fully saturated rings. The molecule has 0 saturated carbocycles. The predicted octanol–water partition coefficient (Wildman–Crippen LogP) is 2.38. The predicted molar refractivity (Wildman–Crippen MR) is 75.8 cm³/mol. The first kappa shape index (κ1) is 14.8. The number of carbonyl (C=O) groups is 2. The second kappa shape index (κ2) is 6.21. The molecule has 2 aromatic rings. The third kappa shape index (κ3) is 3.28. The van der Waals surface area contributed by atoms with Gasteiger partial charge in [-0.05, 0) is 43.3 Å². The standard InChI is InChI=1S/C15H15FN2O3/c1-2-18(12-7-5-11(16)6-8-12)14(19)10-17-9-3-4-13(17)15(20)21/h3-9H,2,10H2,1H3,(H,20,21). The number of amides is 1. The zero-order valence-electron chi connectivity index (χ0n) is 11.5. The summed E-state index contributed by atoms with van der Waals surface area (Å²) in [5.74, 6) is -1.72. The van der Waals surface area contributed by atoms with Gasteiger partial charge in [0.15, 0.2) is 0 Å². The molecule has 0 aliphatic carbocycles. The lowest BCUT2D eigenvalue weighted by atomic mass is 10.2. The molecule has 21 heavy (non-hydrogen) atoms. The van der Waals surface area contributed by atoms with E-state index in [4.69, 9.17) is 5.11 Å². The van der Waals surface area contributed by atoms with Crippen LogP contribution in [0.3, 0.4) is 0 Å². The normalized spacial score (nSPS) is 10.4. The molecule has 0 bridgehead atoms. The number of halogens is 1. The van der Waals surface area contributed by atoms with Gasteiger partial charge in [-0.1, -0.05) is 0 Å². The smallest absolute Gasteiger partial charge is 0.352 e. The van der Waals surface area contributed by atoms with E-state index in [0.717, 1.165) is 0 Å². The Labute approximate surface area is 121 Å². The molecule has 1 aromatic carbocycles. The van der Waals surface area contributed by atoms with Gasteiger partial charge in [0, 0.05) is 18.4 Å². The van der Waals surface area contributed by atoms with Crippen molar-refractivity contribution in [1.82, 2.24) is 4.57 Å². The van der Waals surface area contributed by atoms with Crippen LogP contribution in [-0.4, -0.2) is 28.1 Å². The molecule has 0 saturated heterocycles. The summed E-state index contributed by atoms with van der Waals surface area (Å²) in [4.78, 5) is 24.8. The summed E-state index contributed by atoms with van der Waals surface area (Å²) in [6, 6.07) is 8.61. The van der Waals surface area contributed by atoms with Gasteiger partial charge >= 0.3 is 5.97 Å². The number of carboxylic acids is 1. The number of anilines is 1. The van der Waals surface area contributed by atoms with Crippen LogP contribution in [0.2, 0.25) is 0 Å². The highest BCUT2D eigenvalue weighted by Gasteiger charge is 2.17. The molecule has 110 valence electrons. The maximum Gasteiger partial charge on any atom is 0.352 e. The Morgan fingerprint density at radius 2 is 1.90 bits per heavy atom. The van der Waals surface area contributed by atoms with E-state index < -0.39 is 5.97 Å². The van der Waals surface area contributed by atoms with Crippen molar-refractivity contribution in [3.63, 3.8) is 0 Å². The molecular formula is C15H15FN2O3. The molecule has 6 heteroatoms. The summed E-state index contributed by atoms with van der Waals surface area (Å²) in [6.07, 6.45) is 1.54. The number of hydrogen-bond acceptors (Lipinski definition) is 2. The highest BCUT2D eigenvalue weighted by atomic mass is 19.1. The summed E-state index contributed by atoms with van der Waals surface area (Å²) < 4.78 is 14.3. The Hall–Kier alpha value is -2.63. The SMILES string of the molecule is CCN(C(=O)Cn1cccc1C(=O)O)c1ccc(F)cc1. The summed E-state index contributed by atoms with van der Waals surface area (Å²) >= 11 is 0. The van der Waals surface area contributed by atoms with Crippen LogP contribution in [0.1, 0.15) is 17.4 Å². The van der Waals surface area contributed by atoms with Gasteiger partial charge in [-0.25, -0.2) is 9.18 Å². The van der Waals surface area contributed by atoms with Crippen LogP contribution < -0.4 is 4.90 Å². The lowest BCUT2D eigenvalue weighted by molar-refractivity contribution is -0.119. The highest BCUT2D eigenvalue weighted by Crippen LogP contribution is 2.16. The minimum absolute atomic E-state index is 0.0542. The molecule has 1 N–H and O–H groups in total. The molecule has 0 aliphatic heterocycles. The van der Waals surface area contributed by atoms with Crippen LogP contribution in [0.4, 0.5) is 10.1 Å². The maximum atomic E-state index is 12.9. The fourth-order valence-electron chi connectivity index (χ4n) is 2.10. The number of hydrogen-bond donors (Lipinski definition) is 1. The molecule has 2 rings (SSSR count). The van der Waals surface area contributed by atoms with Crippen LogP contribution in [0, 0.1) is 5.82 Å². The van der Waals surface area contributed by atoms with Crippen molar-refractivity contribution in [2.75, 3.05) is 11.4 Å². The lowest BCUT2D eigenvalue weighted by Gasteiger charge is -2.21. The van der Waals surface area contributed by atoms with Gasteiger partial charge in [0.25, 0.3) is 0 Å². The number of aromatic nitrogens is 1. The second-order valence-corrected chi connectivity index (χ2v) is 4.44. The van der Waals surface area contributed by atoms with Gasteiger partial charge in [-0.2, -0.15) is 0 Å². The number of rotatable bonds is 5. The van der Waals surface area contributed by atoms with Gasteiger partial charge in [-0.3, -0.25) is 4.79 Å². The Kier molecular flexibility index (Phi) is 4.37. The van der Waals surface area contributed by atoms with Gasteiger partial charge < -0.3 is 14.6 Å². The Balaban J connectivity index is 2.19. The molecule has 0 radical (unpaired) electrons. The number of nitrogens with zero attached hydrogens (tertiary/aromatic N) is 2. The molecule has 0 spiro atoms. The minimum atomic E-state index is -1.09. The van der Waals surface area contributed by atoms with Crippen molar-refractivity contribution in [3.05, 3.63) is 54.1 Å². The minimum Gasteiger partial charge on any atom is -0.477 e. The molecular weight excluding hydrogens is 275 g/mol. The topological polar surface area (TPSA) is 62.5 Å². The van der Waals surface area contributed by atoms with Crippen molar-refractivity contribution >= 4 is 17.6 Å². The van der Waals surface area contributed by atoms with Crippen molar-refractivity contribution in [3.8, 4) is 0 Å². The number of benzene rings is 1. The molecule has 5 nitrogen and oxygen atoms in total. The fraction of sp³-hybridized carbons (Fsp3) is 0.200. The quantitative estimate of drug-likeness (QED) is 0.919. The van der Waals surface area contributed by atoms with Gasteiger partial charge in [-0.15, -0.1) is 0 Å². The van der Waals surface area contributed by atoms with E-state index in [2.05, 4.69) is 0 Å². The number of carbonyl (C=O) groups excluding carboxylic acids is 1. The maximum absolute atomic E-state index is 12.9. The van der Waals surface area contributed by atoms with E-state index in [1.54, 1.807) is 19.2 Å². The van der Waals surface area contributed by atoms with Crippen LogP contribution in [0.5, 0.6) is 0 Å². The summed E-state index contributed by atoms with van der Waals surface area (Å²) in [5, 5.41) is 9.02. The Morgan fingerprint density at radius 1 is 1.24 bits per heavy atom. The zero-order chi connectivity index (χ0) is 15.4. The molecule has 1 aromatic heterocycles. The van der Waals surface area contributed by atoms with Crippen LogP contribution in [0.25, 0.3) is 0 Å². The number of carboxylic acid groups (broad SMARTS) is 1. The van der Waals surface area contributed by atoms with Crippen molar-refractivity contribution < 1.29 is 19.1 Å². The highest BCUT2D eigenvalue weighted by molar-refractivity contribution is 5.94. The van der Waals surface area contributed by atoms with Gasteiger partial charge in [0.05, 0.1) is 0 Å². The molecule has 1 heterocycles.